The number of aryl methyl sites for hydroxylation is 1. The molecule has 2 aromatic carbocycles. The molecule has 0 bridgehead atoms. The summed E-state index contributed by atoms with van der Waals surface area (Å²) in [5, 5.41) is 7.08. The molecule has 0 aliphatic rings. The Morgan fingerprint density at radius 1 is 1.12 bits per heavy atom. The summed E-state index contributed by atoms with van der Waals surface area (Å²) in [4.78, 5) is 11.9. The van der Waals surface area contributed by atoms with E-state index in [0.29, 0.717) is 6.54 Å². The number of hydrogen-bond acceptors (Lipinski definition) is 3. The zero-order valence-corrected chi connectivity index (χ0v) is 14.2. The molecular weight excluding hydrogens is 314 g/mol. The van der Waals surface area contributed by atoms with Gasteiger partial charge in [0.25, 0.3) is 5.91 Å². The topological polar surface area (TPSA) is 56.1 Å². The van der Waals surface area contributed by atoms with Gasteiger partial charge in [0.15, 0.2) is 6.61 Å². The number of benzene rings is 2. The Labute approximate surface area is 147 Å². The zero-order valence-electron chi connectivity index (χ0n) is 14.2. The Kier molecular flexibility index (Phi) is 5.46. The summed E-state index contributed by atoms with van der Waals surface area (Å²) in [5.41, 5.74) is 3.20. The Hall–Kier alpha value is -3.08. The third-order valence-corrected chi connectivity index (χ3v) is 3.89. The molecule has 0 unspecified atom stereocenters. The second-order valence-electron chi connectivity index (χ2n) is 5.77. The number of carbonyl (C=O) groups is 1. The number of hydrogen-bond donors (Lipinski definition) is 1. The first-order valence-corrected chi connectivity index (χ1v) is 8.26. The highest BCUT2D eigenvalue weighted by atomic mass is 16.5. The van der Waals surface area contributed by atoms with Gasteiger partial charge in [-0.05, 0) is 48.7 Å². The van der Waals surface area contributed by atoms with Gasteiger partial charge < -0.3 is 10.1 Å². The van der Waals surface area contributed by atoms with Crippen molar-refractivity contribution >= 4 is 5.91 Å². The van der Waals surface area contributed by atoms with Gasteiger partial charge in [0.1, 0.15) is 5.75 Å². The van der Waals surface area contributed by atoms with Crippen LogP contribution in [0.4, 0.5) is 0 Å². The van der Waals surface area contributed by atoms with Gasteiger partial charge in [-0.2, -0.15) is 5.10 Å². The van der Waals surface area contributed by atoms with Crippen LogP contribution in [0.15, 0.2) is 67.0 Å². The lowest BCUT2D eigenvalue weighted by Gasteiger charge is -2.09. The maximum atomic E-state index is 11.9. The largest absolute Gasteiger partial charge is 0.484 e. The fourth-order valence-corrected chi connectivity index (χ4v) is 2.50. The molecule has 1 heterocycles. The van der Waals surface area contributed by atoms with E-state index in [0.717, 1.165) is 29.0 Å². The molecule has 128 valence electrons. The van der Waals surface area contributed by atoms with Crippen molar-refractivity contribution in [3.63, 3.8) is 0 Å². The van der Waals surface area contributed by atoms with E-state index in [1.807, 2.05) is 72.4 Å². The fraction of sp³-hybridized carbons (Fsp3) is 0.200. The number of para-hydroxylation sites is 1. The number of rotatable bonds is 7. The molecule has 0 aliphatic carbocycles. The molecule has 0 fully saturated rings. The maximum absolute atomic E-state index is 11.9. The highest BCUT2D eigenvalue weighted by molar-refractivity contribution is 5.77. The Morgan fingerprint density at radius 2 is 1.92 bits per heavy atom. The molecule has 0 saturated carbocycles. The molecule has 3 aromatic rings. The van der Waals surface area contributed by atoms with E-state index in [9.17, 15) is 4.79 Å². The lowest BCUT2D eigenvalue weighted by Crippen LogP contribution is -2.30. The number of amides is 1. The summed E-state index contributed by atoms with van der Waals surface area (Å²) < 4.78 is 7.35. The van der Waals surface area contributed by atoms with Crippen LogP contribution in [0.5, 0.6) is 5.75 Å². The first-order valence-electron chi connectivity index (χ1n) is 8.26. The minimum Gasteiger partial charge on any atom is -0.484 e. The second-order valence-corrected chi connectivity index (χ2v) is 5.77. The average Bonchev–Trinajstić information content (AvgIpc) is 3.16. The van der Waals surface area contributed by atoms with Crippen LogP contribution < -0.4 is 10.1 Å². The van der Waals surface area contributed by atoms with Crippen LogP contribution in [0.25, 0.3) is 5.69 Å². The first-order chi connectivity index (χ1) is 12.2. The number of nitrogens with zero attached hydrogens (tertiary/aromatic N) is 2. The SMILES string of the molecule is Cc1ccccc1OCC(=O)NCCc1ccc(-n2cccn2)cc1. The van der Waals surface area contributed by atoms with Crippen molar-refractivity contribution in [2.45, 2.75) is 13.3 Å². The lowest BCUT2D eigenvalue weighted by molar-refractivity contribution is -0.123. The van der Waals surface area contributed by atoms with Crippen molar-refractivity contribution in [3.05, 3.63) is 78.1 Å². The molecule has 1 amide bonds. The van der Waals surface area contributed by atoms with Crippen molar-refractivity contribution in [1.29, 1.82) is 0 Å². The predicted molar refractivity (Wildman–Crippen MR) is 97.0 cm³/mol. The minimum absolute atomic E-state index is 0.0308. The summed E-state index contributed by atoms with van der Waals surface area (Å²) in [6.45, 7) is 2.57. The lowest BCUT2D eigenvalue weighted by atomic mass is 10.1. The van der Waals surface area contributed by atoms with Gasteiger partial charge in [-0.1, -0.05) is 30.3 Å². The van der Waals surface area contributed by atoms with Crippen LogP contribution in [0.2, 0.25) is 0 Å². The summed E-state index contributed by atoms with van der Waals surface area (Å²) in [6, 6.07) is 17.7. The molecule has 0 aliphatic heterocycles. The Bertz CT molecular complexity index is 811. The van der Waals surface area contributed by atoms with Crippen LogP contribution in [-0.4, -0.2) is 28.8 Å². The smallest absolute Gasteiger partial charge is 0.257 e. The third kappa shape index (κ3) is 4.70. The summed E-state index contributed by atoms with van der Waals surface area (Å²) in [5.74, 6) is 0.628. The van der Waals surface area contributed by atoms with Crippen LogP contribution in [0.1, 0.15) is 11.1 Å². The van der Waals surface area contributed by atoms with E-state index in [1.54, 1.807) is 6.20 Å². The van der Waals surface area contributed by atoms with E-state index < -0.39 is 0 Å². The van der Waals surface area contributed by atoms with E-state index in [1.165, 1.54) is 0 Å². The molecular formula is C20H21N3O2. The van der Waals surface area contributed by atoms with Crippen molar-refractivity contribution in [2.24, 2.45) is 0 Å². The van der Waals surface area contributed by atoms with Crippen LogP contribution in [0, 0.1) is 6.92 Å². The Balaban J connectivity index is 1.42. The van der Waals surface area contributed by atoms with E-state index in [2.05, 4.69) is 10.4 Å². The minimum atomic E-state index is -0.114. The molecule has 0 atom stereocenters. The predicted octanol–water partition coefficient (Wildman–Crippen LogP) is 2.92. The quantitative estimate of drug-likeness (QED) is 0.722. The highest BCUT2D eigenvalue weighted by Gasteiger charge is 2.04. The summed E-state index contributed by atoms with van der Waals surface area (Å²) in [7, 11) is 0. The number of aromatic nitrogens is 2. The maximum Gasteiger partial charge on any atom is 0.257 e. The standard InChI is InChI=1S/C20H21N3O2/c1-16-5-2-3-6-19(16)25-15-20(24)21-13-11-17-7-9-18(10-8-17)23-14-4-12-22-23/h2-10,12,14H,11,13,15H2,1H3,(H,21,24). The second kappa shape index (κ2) is 8.15. The number of carbonyl (C=O) groups excluding carboxylic acids is 1. The van der Waals surface area contributed by atoms with Gasteiger partial charge in [-0.25, -0.2) is 4.68 Å². The van der Waals surface area contributed by atoms with Gasteiger partial charge in [-0.3, -0.25) is 4.79 Å². The molecule has 0 radical (unpaired) electrons. The van der Waals surface area contributed by atoms with Crippen LogP contribution in [-0.2, 0) is 11.2 Å². The van der Waals surface area contributed by atoms with Crippen LogP contribution >= 0.6 is 0 Å². The fourth-order valence-electron chi connectivity index (χ4n) is 2.50. The number of nitrogens with one attached hydrogen (secondary N) is 1. The highest BCUT2D eigenvalue weighted by Crippen LogP contribution is 2.15. The van der Waals surface area contributed by atoms with Crippen molar-refractivity contribution in [3.8, 4) is 11.4 Å². The van der Waals surface area contributed by atoms with Crippen molar-refractivity contribution in [2.75, 3.05) is 13.2 Å². The third-order valence-electron chi connectivity index (χ3n) is 3.89. The molecule has 1 N–H and O–H groups in total. The van der Waals surface area contributed by atoms with Crippen molar-refractivity contribution in [1.82, 2.24) is 15.1 Å². The molecule has 5 nitrogen and oxygen atoms in total. The van der Waals surface area contributed by atoms with Gasteiger partial charge in [-0.15, -0.1) is 0 Å². The van der Waals surface area contributed by atoms with Gasteiger partial charge in [0, 0.05) is 18.9 Å². The average molecular weight is 335 g/mol. The monoisotopic (exact) mass is 335 g/mol. The van der Waals surface area contributed by atoms with E-state index in [4.69, 9.17) is 4.74 Å². The molecule has 1 aromatic heterocycles. The van der Waals surface area contributed by atoms with Crippen molar-refractivity contribution < 1.29 is 9.53 Å². The summed E-state index contributed by atoms with van der Waals surface area (Å²) in [6.07, 6.45) is 4.43. The molecule has 5 heteroatoms. The summed E-state index contributed by atoms with van der Waals surface area (Å²) >= 11 is 0. The van der Waals surface area contributed by atoms with Gasteiger partial charge in [0.2, 0.25) is 0 Å². The number of ether oxygens (including phenoxy) is 1. The van der Waals surface area contributed by atoms with E-state index >= 15 is 0 Å². The molecule has 3 rings (SSSR count). The van der Waals surface area contributed by atoms with Gasteiger partial charge in [0.05, 0.1) is 5.69 Å². The van der Waals surface area contributed by atoms with Crippen LogP contribution in [0.3, 0.4) is 0 Å². The molecule has 0 saturated heterocycles. The molecule has 25 heavy (non-hydrogen) atoms. The van der Waals surface area contributed by atoms with E-state index in [-0.39, 0.29) is 12.5 Å². The normalized spacial score (nSPS) is 10.4. The molecule has 0 spiro atoms. The Morgan fingerprint density at radius 3 is 2.64 bits per heavy atom. The first kappa shape index (κ1) is 16.8. The van der Waals surface area contributed by atoms with Gasteiger partial charge >= 0.3 is 0 Å². The zero-order chi connectivity index (χ0) is 17.5.